The molecule has 4 aromatic rings. The van der Waals surface area contributed by atoms with Crippen molar-refractivity contribution in [3.05, 3.63) is 106 Å². The standard InChI is InChI=1S/C29H28N4O2S.C3H8/c1-20(26-19-36-29(32-26)22-6-4-3-5-7-22)18-23-12-13-30-28(34)27(23)21(2)31-24-8-10-25(11-9-24)33-14-16-35-17-15-33;1-3-2/h3-13,18-19,31H,2,14-17H2,1H3,(H,30,34);3H2,1-2H3/b20-18+;. The first-order chi connectivity index (χ1) is 19.0. The van der Waals surface area contributed by atoms with Gasteiger partial charge < -0.3 is 19.9 Å². The Hall–Kier alpha value is -3.94. The van der Waals surface area contributed by atoms with E-state index in [2.05, 4.69) is 59.9 Å². The minimum Gasteiger partial charge on any atom is -0.378 e. The van der Waals surface area contributed by atoms with Crippen LogP contribution >= 0.6 is 11.3 Å². The smallest absolute Gasteiger partial charge is 0.257 e. The normalized spacial score (nSPS) is 13.4. The summed E-state index contributed by atoms with van der Waals surface area (Å²) in [6.45, 7) is 13.7. The van der Waals surface area contributed by atoms with Gasteiger partial charge in [-0.3, -0.25) is 4.79 Å². The van der Waals surface area contributed by atoms with E-state index in [9.17, 15) is 4.79 Å². The maximum atomic E-state index is 12.8. The predicted octanol–water partition coefficient (Wildman–Crippen LogP) is 7.39. The van der Waals surface area contributed by atoms with E-state index >= 15 is 0 Å². The lowest BCUT2D eigenvalue weighted by atomic mass is 10.0. The number of pyridine rings is 1. The van der Waals surface area contributed by atoms with Gasteiger partial charge in [0.15, 0.2) is 0 Å². The molecule has 1 saturated heterocycles. The number of hydrogen-bond donors (Lipinski definition) is 2. The summed E-state index contributed by atoms with van der Waals surface area (Å²) in [7, 11) is 0. The fourth-order valence-electron chi connectivity index (χ4n) is 4.21. The number of thiazole rings is 1. The Morgan fingerprint density at radius 2 is 1.79 bits per heavy atom. The van der Waals surface area contributed by atoms with Crippen molar-refractivity contribution >= 4 is 40.1 Å². The quantitative estimate of drug-likeness (QED) is 0.256. The van der Waals surface area contributed by atoms with Crippen LogP contribution in [0.4, 0.5) is 11.4 Å². The van der Waals surface area contributed by atoms with Crippen molar-refractivity contribution < 1.29 is 4.74 Å². The van der Waals surface area contributed by atoms with Crippen molar-refractivity contribution in [1.29, 1.82) is 0 Å². The van der Waals surface area contributed by atoms with Crippen molar-refractivity contribution in [2.45, 2.75) is 27.2 Å². The lowest BCUT2D eigenvalue weighted by Gasteiger charge is -2.29. The Morgan fingerprint density at radius 3 is 2.49 bits per heavy atom. The molecule has 1 aliphatic heterocycles. The zero-order chi connectivity index (χ0) is 27.6. The summed E-state index contributed by atoms with van der Waals surface area (Å²) in [6, 6.07) is 20.2. The molecule has 7 heteroatoms. The van der Waals surface area contributed by atoms with E-state index in [1.54, 1.807) is 17.5 Å². The number of nitrogens with one attached hydrogen (secondary N) is 2. The van der Waals surface area contributed by atoms with Crippen molar-refractivity contribution in [3.8, 4) is 10.6 Å². The first-order valence-corrected chi connectivity index (χ1v) is 14.2. The molecule has 6 nitrogen and oxygen atoms in total. The highest BCUT2D eigenvalue weighted by atomic mass is 32.1. The minimum absolute atomic E-state index is 0.192. The van der Waals surface area contributed by atoms with Crippen LogP contribution in [-0.2, 0) is 4.74 Å². The van der Waals surface area contributed by atoms with E-state index in [1.807, 2.05) is 54.8 Å². The van der Waals surface area contributed by atoms with Gasteiger partial charge in [0.05, 0.1) is 24.5 Å². The summed E-state index contributed by atoms with van der Waals surface area (Å²) in [5.41, 5.74) is 6.63. The van der Waals surface area contributed by atoms with Crippen molar-refractivity contribution in [2.24, 2.45) is 0 Å². The predicted molar refractivity (Wildman–Crippen MR) is 166 cm³/mol. The molecule has 0 aliphatic carbocycles. The molecule has 2 aromatic heterocycles. The summed E-state index contributed by atoms with van der Waals surface area (Å²) in [5.74, 6) is 0. The summed E-state index contributed by atoms with van der Waals surface area (Å²) in [4.78, 5) is 22.7. The van der Waals surface area contributed by atoms with Crippen LogP contribution in [0.5, 0.6) is 0 Å². The molecule has 3 heterocycles. The molecule has 5 rings (SSSR count). The molecule has 0 saturated carbocycles. The lowest BCUT2D eigenvalue weighted by Crippen LogP contribution is -2.36. The van der Waals surface area contributed by atoms with Gasteiger partial charge in [0.2, 0.25) is 0 Å². The Balaban J connectivity index is 0.00000112. The molecule has 2 aromatic carbocycles. The molecular weight excluding hydrogens is 504 g/mol. The van der Waals surface area contributed by atoms with Gasteiger partial charge >= 0.3 is 0 Å². The third kappa shape index (κ3) is 7.34. The number of morpholine rings is 1. The number of anilines is 2. The van der Waals surface area contributed by atoms with E-state index in [0.717, 1.165) is 65.1 Å². The fourth-order valence-corrected chi connectivity index (χ4v) is 5.10. The van der Waals surface area contributed by atoms with Crippen LogP contribution in [0, 0.1) is 0 Å². The molecule has 0 spiro atoms. The molecule has 0 amide bonds. The molecule has 0 atom stereocenters. The van der Waals surface area contributed by atoms with Gasteiger partial charge in [0.1, 0.15) is 5.01 Å². The maximum absolute atomic E-state index is 12.8. The van der Waals surface area contributed by atoms with Gasteiger partial charge in [-0.15, -0.1) is 11.3 Å². The van der Waals surface area contributed by atoms with Gasteiger partial charge in [0, 0.05) is 47.3 Å². The monoisotopic (exact) mass is 540 g/mol. The highest BCUT2D eigenvalue weighted by molar-refractivity contribution is 7.13. The fraction of sp³-hybridized carbons (Fsp3) is 0.250. The molecule has 1 aliphatic rings. The molecule has 0 radical (unpaired) electrons. The molecule has 202 valence electrons. The van der Waals surface area contributed by atoms with E-state index in [1.165, 1.54) is 6.42 Å². The number of nitrogens with zero attached hydrogens (tertiary/aromatic N) is 2. The van der Waals surface area contributed by atoms with Crippen LogP contribution in [0.25, 0.3) is 27.9 Å². The van der Waals surface area contributed by atoms with Crippen molar-refractivity contribution in [1.82, 2.24) is 9.97 Å². The summed E-state index contributed by atoms with van der Waals surface area (Å²) >= 11 is 1.61. The topological polar surface area (TPSA) is 70.2 Å². The van der Waals surface area contributed by atoms with Crippen LogP contribution in [-0.4, -0.2) is 36.3 Å². The number of aromatic amines is 1. The lowest BCUT2D eigenvalue weighted by molar-refractivity contribution is 0.122. The number of benzene rings is 2. The Labute approximate surface area is 234 Å². The number of ether oxygens (including phenoxy) is 1. The first-order valence-electron chi connectivity index (χ1n) is 13.3. The average molecular weight is 541 g/mol. The van der Waals surface area contributed by atoms with Crippen LogP contribution in [0.15, 0.2) is 83.6 Å². The average Bonchev–Trinajstić information content (AvgIpc) is 3.46. The van der Waals surface area contributed by atoms with Crippen LogP contribution in [0.3, 0.4) is 0 Å². The second-order valence-electron chi connectivity index (χ2n) is 9.33. The van der Waals surface area contributed by atoms with Crippen molar-refractivity contribution in [3.63, 3.8) is 0 Å². The number of hydrogen-bond acceptors (Lipinski definition) is 6. The number of rotatable bonds is 7. The Bertz CT molecular complexity index is 1450. The molecular formula is C32H36N4O2S. The zero-order valence-corrected chi connectivity index (χ0v) is 23.7. The van der Waals surface area contributed by atoms with E-state index in [0.29, 0.717) is 11.3 Å². The van der Waals surface area contributed by atoms with Gasteiger partial charge in [-0.25, -0.2) is 4.98 Å². The third-order valence-corrected chi connectivity index (χ3v) is 7.03. The van der Waals surface area contributed by atoms with Gasteiger partial charge in [-0.05, 0) is 54.5 Å². The molecule has 0 unspecified atom stereocenters. The summed E-state index contributed by atoms with van der Waals surface area (Å²) in [6.07, 6.45) is 4.90. The molecule has 1 fully saturated rings. The van der Waals surface area contributed by atoms with Crippen LogP contribution < -0.4 is 15.8 Å². The van der Waals surface area contributed by atoms with Crippen LogP contribution in [0.2, 0.25) is 0 Å². The second-order valence-corrected chi connectivity index (χ2v) is 10.2. The third-order valence-electron chi connectivity index (χ3n) is 6.13. The largest absolute Gasteiger partial charge is 0.378 e. The van der Waals surface area contributed by atoms with Gasteiger partial charge in [0.25, 0.3) is 5.56 Å². The maximum Gasteiger partial charge on any atom is 0.257 e. The summed E-state index contributed by atoms with van der Waals surface area (Å²) < 4.78 is 5.44. The molecule has 0 bridgehead atoms. The SMILES string of the molecule is C=C(Nc1ccc(N2CCOCC2)cc1)c1c(/C=C(\C)c2csc(-c3ccccc3)n2)cc[nH]c1=O.CCC. The van der Waals surface area contributed by atoms with Gasteiger partial charge in [-0.1, -0.05) is 57.2 Å². The Kier molecular flexibility index (Phi) is 9.89. The molecule has 39 heavy (non-hydrogen) atoms. The number of aromatic nitrogens is 2. The summed E-state index contributed by atoms with van der Waals surface area (Å²) in [5, 5.41) is 6.32. The zero-order valence-electron chi connectivity index (χ0n) is 22.9. The minimum atomic E-state index is -0.192. The highest BCUT2D eigenvalue weighted by Gasteiger charge is 2.14. The number of H-pyrrole nitrogens is 1. The second kappa shape index (κ2) is 13.7. The van der Waals surface area contributed by atoms with Crippen LogP contribution in [0.1, 0.15) is 44.0 Å². The van der Waals surface area contributed by atoms with E-state index in [-0.39, 0.29) is 5.56 Å². The number of allylic oxidation sites excluding steroid dienone is 1. The molecule has 2 N–H and O–H groups in total. The Morgan fingerprint density at radius 1 is 1.10 bits per heavy atom. The first kappa shape index (κ1) is 28.1. The van der Waals surface area contributed by atoms with Crippen molar-refractivity contribution in [2.75, 3.05) is 36.5 Å². The van der Waals surface area contributed by atoms with E-state index in [4.69, 9.17) is 9.72 Å². The highest BCUT2D eigenvalue weighted by Crippen LogP contribution is 2.28. The van der Waals surface area contributed by atoms with Gasteiger partial charge in [-0.2, -0.15) is 0 Å². The van der Waals surface area contributed by atoms with E-state index < -0.39 is 0 Å².